The molecule has 1 nitrogen and oxygen atoms in total. The number of alkyl halides is 4. The molecule has 1 aromatic carbocycles. The quantitative estimate of drug-likeness (QED) is 0.569. The first-order valence-corrected chi connectivity index (χ1v) is 7.47. The van der Waals surface area contributed by atoms with E-state index >= 15 is 0 Å². The van der Waals surface area contributed by atoms with Crippen LogP contribution in [0.4, 0.5) is 0 Å². The van der Waals surface area contributed by atoms with Gasteiger partial charge in [0.05, 0.1) is 14.6 Å². The van der Waals surface area contributed by atoms with Gasteiger partial charge >= 0.3 is 0 Å². The van der Waals surface area contributed by atoms with Crippen LogP contribution in [0.1, 0.15) is 18.6 Å². The lowest BCUT2D eigenvalue weighted by Gasteiger charge is -2.15. The van der Waals surface area contributed by atoms with E-state index in [1.165, 1.54) is 0 Å². The second kappa shape index (κ2) is 5.87. The Balaban J connectivity index is 3.28. The van der Waals surface area contributed by atoms with E-state index in [9.17, 15) is 0 Å². The van der Waals surface area contributed by atoms with Crippen molar-refractivity contribution in [3.63, 3.8) is 0 Å². The highest BCUT2D eigenvalue weighted by Crippen LogP contribution is 2.43. The highest BCUT2D eigenvalue weighted by molar-refractivity contribution is 9.24. The topological polar surface area (TPSA) is 9.23 Å². The lowest BCUT2D eigenvalue weighted by molar-refractivity contribution is 0.411. The summed E-state index contributed by atoms with van der Waals surface area (Å²) in [5.74, 6) is 0.866. The van der Waals surface area contributed by atoms with Crippen molar-refractivity contribution >= 4 is 63.7 Å². The Morgan fingerprint density at radius 2 is 1.71 bits per heavy atom. The second-order valence-corrected chi connectivity index (χ2v) is 8.68. The second-order valence-electron chi connectivity index (χ2n) is 2.56. The van der Waals surface area contributed by atoms with Crippen LogP contribution in [0.25, 0.3) is 0 Å². The molecule has 0 N–H and O–H groups in total. The van der Waals surface area contributed by atoms with Gasteiger partial charge in [-0.2, -0.15) is 0 Å². The van der Waals surface area contributed by atoms with Crippen molar-refractivity contribution in [1.82, 2.24) is 0 Å². The predicted molar refractivity (Wildman–Crippen MR) is 74.2 cm³/mol. The molecule has 0 aliphatic heterocycles. The van der Waals surface area contributed by atoms with Crippen LogP contribution in [-0.2, 0) is 0 Å². The largest absolute Gasteiger partial charge is 0.496 e. The smallest absolute Gasteiger partial charge is 0.124 e. The van der Waals surface area contributed by atoms with Gasteiger partial charge in [-0.25, -0.2) is 0 Å². The van der Waals surface area contributed by atoms with Crippen molar-refractivity contribution in [3.8, 4) is 5.75 Å². The van der Waals surface area contributed by atoms with Crippen molar-refractivity contribution in [1.29, 1.82) is 0 Å². The Kier molecular flexibility index (Phi) is 5.45. The molecule has 0 bridgehead atoms. The molecule has 0 amide bonds. The standard InChI is InChI=1S/C9H8Br4O/c1-14-6-4-2-3-5(8(10)11)7(6)9(12)13/h2-4,8-9H,1H3. The van der Waals surface area contributed by atoms with Gasteiger partial charge in [0.25, 0.3) is 0 Å². The van der Waals surface area contributed by atoms with Crippen molar-refractivity contribution in [2.45, 2.75) is 7.47 Å². The van der Waals surface area contributed by atoms with Crippen LogP contribution >= 0.6 is 63.7 Å². The average Bonchev–Trinajstić information content (AvgIpc) is 2.16. The molecule has 0 aliphatic rings. The molecule has 0 spiro atoms. The number of benzene rings is 1. The van der Waals surface area contributed by atoms with Crippen LogP contribution in [0.2, 0.25) is 0 Å². The van der Waals surface area contributed by atoms with Crippen LogP contribution in [0.3, 0.4) is 0 Å². The van der Waals surface area contributed by atoms with Crippen LogP contribution in [0.15, 0.2) is 18.2 Å². The first-order valence-electron chi connectivity index (χ1n) is 3.81. The van der Waals surface area contributed by atoms with Gasteiger partial charge in [0.2, 0.25) is 0 Å². The van der Waals surface area contributed by atoms with Gasteiger partial charge in [0.1, 0.15) is 5.75 Å². The Morgan fingerprint density at radius 3 is 2.14 bits per heavy atom. The average molecular weight is 452 g/mol. The molecule has 0 unspecified atom stereocenters. The molecular weight excluding hydrogens is 444 g/mol. The highest BCUT2D eigenvalue weighted by Gasteiger charge is 2.18. The minimum atomic E-state index is 0.0822. The molecule has 5 heteroatoms. The summed E-state index contributed by atoms with van der Waals surface area (Å²) in [6.07, 6.45) is 0. The molecule has 0 saturated carbocycles. The van der Waals surface area contributed by atoms with Gasteiger partial charge in [0.15, 0.2) is 0 Å². The van der Waals surface area contributed by atoms with E-state index in [1.54, 1.807) is 7.11 Å². The Hall–Kier alpha value is 0.940. The maximum Gasteiger partial charge on any atom is 0.124 e. The predicted octanol–water partition coefficient (Wildman–Crippen LogP) is 5.27. The van der Waals surface area contributed by atoms with Gasteiger partial charge in [-0.05, 0) is 11.6 Å². The van der Waals surface area contributed by atoms with E-state index in [4.69, 9.17) is 4.74 Å². The van der Waals surface area contributed by atoms with Gasteiger partial charge in [0, 0.05) is 5.56 Å². The normalized spacial score (nSPS) is 11.1. The van der Waals surface area contributed by atoms with Crippen molar-refractivity contribution in [3.05, 3.63) is 29.3 Å². The van der Waals surface area contributed by atoms with Gasteiger partial charge in [-0.15, -0.1) is 0 Å². The molecule has 0 aliphatic carbocycles. The van der Waals surface area contributed by atoms with Crippen LogP contribution in [-0.4, -0.2) is 7.11 Å². The third kappa shape index (κ3) is 2.97. The molecule has 1 aromatic rings. The van der Waals surface area contributed by atoms with Crippen molar-refractivity contribution in [2.75, 3.05) is 7.11 Å². The molecular formula is C9H8Br4O. The number of methoxy groups -OCH3 is 1. The number of hydrogen-bond acceptors (Lipinski definition) is 1. The lowest BCUT2D eigenvalue weighted by atomic mass is 10.1. The maximum atomic E-state index is 5.30. The van der Waals surface area contributed by atoms with E-state index in [0.29, 0.717) is 0 Å². The summed E-state index contributed by atoms with van der Waals surface area (Å²) in [6.45, 7) is 0. The maximum absolute atomic E-state index is 5.30. The summed E-state index contributed by atoms with van der Waals surface area (Å²) < 4.78 is 5.50. The summed E-state index contributed by atoms with van der Waals surface area (Å²) in [6, 6.07) is 5.95. The lowest BCUT2D eigenvalue weighted by Crippen LogP contribution is -1.96. The SMILES string of the molecule is COc1cccc(C(Br)Br)c1C(Br)Br. The van der Waals surface area contributed by atoms with Crippen LogP contribution < -0.4 is 4.74 Å². The minimum absolute atomic E-state index is 0.0822. The fraction of sp³-hybridized carbons (Fsp3) is 0.333. The van der Waals surface area contributed by atoms with E-state index in [-0.39, 0.29) is 7.47 Å². The number of hydrogen-bond donors (Lipinski definition) is 0. The van der Waals surface area contributed by atoms with E-state index in [2.05, 4.69) is 63.7 Å². The fourth-order valence-electron chi connectivity index (χ4n) is 1.16. The molecule has 0 heterocycles. The number of halogens is 4. The molecule has 0 fully saturated rings. The van der Waals surface area contributed by atoms with E-state index < -0.39 is 0 Å². The van der Waals surface area contributed by atoms with Gasteiger partial charge in [-0.1, -0.05) is 75.9 Å². The minimum Gasteiger partial charge on any atom is -0.496 e. The molecule has 14 heavy (non-hydrogen) atoms. The van der Waals surface area contributed by atoms with Crippen molar-refractivity contribution < 1.29 is 4.74 Å². The zero-order valence-electron chi connectivity index (χ0n) is 7.31. The highest BCUT2D eigenvalue weighted by atomic mass is 79.9. The Labute approximate surface area is 117 Å². The zero-order valence-corrected chi connectivity index (χ0v) is 13.7. The molecule has 0 aromatic heterocycles. The summed E-state index contributed by atoms with van der Waals surface area (Å²) in [7, 11) is 1.67. The Morgan fingerprint density at radius 1 is 1.07 bits per heavy atom. The van der Waals surface area contributed by atoms with Gasteiger partial charge in [-0.3, -0.25) is 0 Å². The first kappa shape index (κ1) is 13.0. The fourth-order valence-corrected chi connectivity index (χ4v) is 2.94. The summed E-state index contributed by atoms with van der Waals surface area (Å²) in [5.41, 5.74) is 2.23. The molecule has 0 radical (unpaired) electrons. The summed E-state index contributed by atoms with van der Waals surface area (Å²) in [4.78, 5) is 0. The third-order valence-corrected chi connectivity index (χ3v) is 3.68. The molecule has 0 saturated heterocycles. The van der Waals surface area contributed by atoms with Crippen LogP contribution in [0, 0.1) is 0 Å². The van der Waals surface area contributed by atoms with E-state index in [0.717, 1.165) is 16.9 Å². The molecule has 78 valence electrons. The third-order valence-electron chi connectivity index (χ3n) is 1.77. The monoisotopic (exact) mass is 448 g/mol. The molecule has 0 atom stereocenters. The van der Waals surface area contributed by atoms with Crippen LogP contribution in [0.5, 0.6) is 5.75 Å². The van der Waals surface area contributed by atoms with Crippen molar-refractivity contribution in [2.24, 2.45) is 0 Å². The van der Waals surface area contributed by atoms with Gasteiger partial charge < -0.3 is 4.74 Å². The first-order chi connectivity index (χ1) is 6.57. The summed E-state index contributed by atoms with van der Waals surface area (Å²) in [5, 5.41) is 0. The Bertz CT molecular complexity index is 312. The number of rotatable bonds is 3. The van der Waals surface area contributed by atoms with E-state index in [1.807, 2.05) is 18.2 Å². The molecule has 1 rings (SSSR count). The summed E-state index contributed by atoms with van der Waals surface area (Å²) >= 11 is 13.9. The zero-order chi connectivity index (χ0) is 10.7. The number of ether oxygens (including phenoxy) is 1.